The Morgan fingerprint density at radius 2 is 2.26 bits per heavy atom. The van der Waals surface area contributed by atoms with Gasteiger partial charge in [-0.15, -0.1) is 0 Å². The highest BCUT2D eigenvalue weighted by atomic mass is 16.1. The first-order chi connectivity index (χ1) is 9.20. The number of carbonyl (C=O) groups excluding carboxylic acids is 1. The number of carbonyl (C=O) groups is 1. The zero-order valence-corrected chi connectivity index (χ0v) is 11.1. The van der Waals surface area contributed by atoms with E-state index in [0.717, 1.165) is 25.7 Å². The number of primary amides is 1. The molecule has 1 heterocycles. The number of hydrogen-bond donors (Lipinski definition) is 2. The maximum atomic E-state index is 11.5. The van der Waals surface area contributed by atoms with E-state index in [4.69, 9.17) is 5.73 Å². The van der Waals surface area contributed by atoms with Crippen molar-refractivity contribution in [3.05, 3.63) is 30.1 Å². The normalized spacial score (nSPS) is 28.8. The summed E-state index contributed by atoms with van der Waals surface area (Å²) in [6.07, 6.45) is 10.2. The Balaban J connectivity index is 1.64. The van der Waals surface area contributed by atoms with Gasteiger partial charge in [0.1, 0.15) is 0 Å². The molecule has 0 spiro atoms. The molecule has 0 bridgehead atoms. The fraction of sp³-hybridized carbons (Fsp3) is 0.600. The molecule has 1 aromatic heterocycles. The van der Waals surface area contributed by atoms with Crippen LogP contribution in [0.15, 0.2) is 24.5 Å². The fourth-order valence-electron chi connectivity index (χ4n) is 3.22. The number of hydrogen-bond acceptors (Lipinski definition) is 3. The lowest BCUT2D eigenvalue weighted by Crippen LogP contribution is -2.49. The van der Waals surface area contributed by atoms with Gasteiger partial charge >= 0.3 is 0 Å². The lowest BCUT2D eigenvalue weighted by atomic mass is 9.81. The maximum absolute atomic E-state index is 11.5. The van der Waals surface area contributed by atoms with Crippen molar-refractivity contribution in [2.75, 3.05) is 0 Å². The third-order valence-corrected chi connectivity index (χ3v) is 4.53. The third kappa shape index (κ3) is 2.63. The number of amides is 1. The summed E-state index contributed by atoms with van der Waals surface area (Å²) in [5.41, 5.74) is 6.41. The molecule has 2 aliphatic carbocycles. The van der Waals surface area contributed by atoms with E-state index < -0.39 is 0 Å². The van der Waals surface area contributed by atoms with E-state index in [1.807, 2.05) is 18.5 Å². The second-order valence-corrected chi connectivity index (χ2v) is 5.94. The monoisotopic (exact) mass is 259 g/mol. The molecule has 0 aromatic carbocycles. The molecular weight excluding hydrogens is 238 g/mol. The molecule has 2 atom stereocenters. The van der Waals surface area contributed by atoms with Crippen molar-refractivity contribution < 1.29 is 4.79 Å². The first kappa shape index (κ1) is 12.6. The summed E-state index contributed by atoms with van der Waals surface area (Å²) < 4.78 is 0. The van der Waals surface area contributed by atoms with Gasteiger partial charge in [0.25, 0.3) is 0 Å². The summed E-state index contributed by atoms with van der Waals surface area (Å²) >= 11 is 0. The molecule has 19 heavy (non-hydrogen) atoms. The van der Waals surface area contributed by atoms with Gasteiger partial charge in [-0.05, 0) is 49.7 Å². The molecule has 0 aliphatic heterocycles. The number of aromatic nitrogens is 1. The van der Waals surface area contributed by atoms with Crippen molar-refractivity contribution in [2.45, 2.75) is 56.0 Å². The quantitative estimate of drug-likeness (QED) is 0.865. The maximum Gasteiger partial charge on any atom is 0.237 e. The summed E-state index contributed by atoms with van der Waals surface area (Å²) in [5.74, 6) is 0.375. The standard InChI is InChI=1S/C15H21N3O/c16-14(19)15(6-7-15)18-13-5-1-3-11(9-13)12-4-2-8-17-10-12/h2,4,8,10-11,13,18H,1,3,5-7,9H2,(H2,16,19)/t11-,13-/m1/s1. The van der Waals surface area contributed by atoms with Crippen LogP contribution in [0, 0.1) is 0 Å². The van der Waals surface area contributed by atoms with Crippen LogP contribution < -0.4 is 11.1 Å². The zero-order chi connectivity index (χ0) is 13.3. The average Bonchev–Trinajstić information content (AvgIpc) is 3.21. The van der Waals surface area contributed by atoms with E-state index in [0.29, 0.717) is 12.0 Å². The molecule has 4 nitrogen and oxygen atoms in total. The van der Waals surface area contributed by atoms with Crippen LogP contribution in [0.4, 0.5) is 0 Å². The van der Waals surface area contributed by atoms with Crippen LogP contribution in [0.25, 0.3) is 0 Å². The smallest absolute Gasteiger partial charge is 0.237 e. The SMILES string of the molecule is NC(=O)C1(N[C@@H]2CCC[C@@H](c3cccnc3)C2)CC1. The first-order valence-electron chi connectivity index (χ1n) is 7.17. The van der Waals surface area contributed by atoms with Crippen LogP contribution in [0.1, 0.15) is 50.0 Å². The van der Waals surface area contributed by atoms with Crippen molar-refractivity contribution in [2.24, 2.45) is 5.73 Å². The molecule has 4 heteroatoms. The summed E-state index contributed by atoms with van der Waals surface area (Å²) in [6.45, 7) is 0. The van der Waals surface area contributed by atoms with E-state index in [1.54, 1.807) is 0 Å². The highest BCUT2D eigenvalue weighted by molar-refractivity contribution is 5.87. The highest BCUT2D eigenvalue weighted by Gasteiger charge is 2.49. The molecule has 0 radical (unpaired) electrons. The number of nitrogens with zero attached hydrogens (tertiary/aromatic N) is 1. The first-order valence-corrected chi connectivity index (χ1v) is 7.17. The molecule has 102 valence electrons. The summed E-state index contributed by atoms with van der Waals surface area (Å²) in [5, 5.41) is 3.51. The topological polar surface area (TPSA) is 68.0 Å². The van der Waals surface area contributed by atoms with Crippen molar-refractivity contribution in [3.63, 3.8) is 0 Å². The van der Waals surface area contributed by atoms with Gasteiger partial charge in [-0.3, -0.25) is 9.78 Å². The number of nitrogens with one attached hydrogen (secondary N) is 1. The van der Waals surface area contributed by atoms with E-state index >= 15 is 0 Å². The molecule has 1 amide bonds. The Kier molecular flexibility index (Phi) is 3.27. The van der Waals surface area contributed by atoms with Crippen molar-refractivity contribution >= 4 is 5.91 Å². The van der Waals surface area contributed by atoms with Crippen molar-refractivity contribution in [1.29, 1.82) is 0 Å². The predicted molar refractivity (Wildman–Crippen MR) is 73.5 cm³/mol. The minimum Gasteiger partial charge on any atom is -0.368 e. The highest BCUT2D eigenvalue weighted by Crippen LogP contribution is 2.39. The number of rotatable bonds is 4. The molecule has 0 unspecified atom stereocenters. The summed E-state index contributed by atoms with van der Waals surface area (Å²) in [4.78, 5) is 15.7. The van der Waals surface area contributed by atoms with E-state index in [-0.39, 0.29) is 11.4 Å². The van der Waals surface area contributed by atoms with E-state index in [1.165, 1.54) is 18.4 Å². The van der Waals surface area contributed by atoms with Gasteiger partial charge < -0.3 is 11.1 Å². The molecule has 2 fully saturated rings. The Labute approximate surface area is 113 Å². The van der Waals surface area contributed by atoms with Gasteiger partial charge in [0.2, 0.25) is 5.91 Å². The molecule has 2 aliphatic rings. The lowest BCUT2D eigenvalue weighted by molar-refractivity contribution is -0.121. The molecule has 0 saturated heterocycles. The van der Waals surface area contributed by atoms with E-state index in [9.17, 15) is 4.79 Å². The van der Waals surface area contributed by atoms with Crippen molar-refractivity contribution in [1.82, 2.24) is 10.3 Å². The Morgan fingerprint density at radius 1 is 1.42 bits per heavy atom. The average molecular weight is 259 g/mol. The second-order valence-electron chi connectivity index (χ2n) is 5.94. The van der Waals surface area contributed by atoms with Crippen LogP contribution in [0.2, 0.25) is 0 Å². The zero-order valence-electron chi connectivity index (χ0n) is 11.1. The van der Waals surface area contributed by atoms with Gasteiger partial charge in [0.05, 0.1) is 5.54 Å². The number of nitrogens with two attached hydrogens (primary N) is 1. The fourth-order valence-corrected chi connectivity index (χ4v) is 3.22. The minimum atomic E-state index is -0.387. The molecular formula is C15H21N3O. The summed E-state index contributed by atoms with van der Waals surface area (Å²) in [7, 11) is 0. The second kappa shape index (κ2) is 4.93. The predicted octanol–water partition coefficient (Wildman–Crippen LogP) is 1.72. The van der Waals surface area contributed by atoms with Crippen LogP contribution in [-0.2, 0) is 4.79 Å². The van der Waals surface area contributed by atoms with Crippen LogP contribution in [-0.4, -0.2) is 22.5 Å². The van der Waals surface area contributed by atoms with Gasteiger partial charge in [0.15, 0.2) is 0 Å². The van der Waals surface area contributed by atoms with E-state index in [2.05, 4.69) is 16.4 Å². The van der Waals surface area contributed by atoms with Gasteiger partial charge in [-0.25, -0.2) is 0 Å². The molecule has 2 saturated carbocycles. The third-order valence-electron chi connectivity index (χ3n) is 4.53. The summed E-state index contributed by atoms with van der Waals surface area (Å²) in [6, 6.07) is 4.56. The van der Waals surface area contributed by atoms with Crippen molar-refractivity contribution in [3.8, 4) is 0 Å². The van der Waals surface area contributed by atoms with Crippen LogP contribution >= 0.6 is 0 Å². The Hall–Kier alpha value is -1.42. The lowest BCUT2D eigenvalue weighted by Gasteiger charge is -2.32. The van der Waals surface area contributed by atoms with Gasteiger partial charge in [-0.1, -0.05) is 12.5 Å². The molecule has 3 N–H and O–H groups in total. The van der Waals surface area contributed by atoms with Crippen LogP contribution in [0.5, 0.6) is 0 Å². The van der Waals surface area contributed by atoms with Gasteiger partial charge in [-0.2, -0.15) is 0 Å². The Bertz CT molecular complexity index is 456. The van der Waals surface area contributed by atoms with Crippen LogP contribution in [0.3, 0.4) is 0 Å². The minimum absolute atomic E-state index is 0.184. The molecule has 1 aromatic rings. The van der Waals surface area contributed by atoms with Gasteiger partial charge in [0, 0.05) is 18.4 Å². The Morgan fingerprint density at radius 3 is 2.89 bits per heavy atom. The number of pyridine rings is 1. The largest absolute Gasteiger partial charge is 0.368 e. The molecule has 3 rings (SSSR count).